The lowest BCUT2D eigenvalue weighted by Crippen LogP contribution is -2.15. The van der Waals surface area contributed by atoms with Gasteiger partial charge in [0.05, 0.1) is 0 Å². The molecule has 0 fully saturated rings. The van der Waals surface area contributed by atoms with E-state index in [0.717, 1.165) is 41.4 Å². The van der Waals surface area contributed by atoms with E-state index in [0.29, 0.717) is 13.2 Å². The molecule has 110 valence electrons. The van der Waals surface area contributed by atoms with Crippen molar-refractivity contribution in [2.24, 2.45) is 0 Å². The van der Waals surface area contributed by atoms with Gasteiger partial charge in [0.15, 0.2) is 11.5 Å². The molecule has 0 bridgehead atoms. The van der Waals surface area contributed by atoms with Gasteiger partial charge in [0.25, 0.3) is 0 Å². The number of hydrogen-bond acceptors (Lipinski definition) is 4. The van der Waals surface area contributed by atoms with Crippen LogP contribution in [-0.2, 0) is 6.42 Å². The van der Waals surface area contributed by atoms with Gasteiger partial charge in [0.2, 0.25) is 0 Å². The van der Waals surface area contributed by atoms with Crippen LogP contribution < -0.4 is 20.5 Å². The SMILES string of the molecule is Cc1ccc(NCCc2ccc3c(c2)OCCO3)cc1N. The molecule has 0 aliphatic carbocycles. The molecule has 0 spiro atoms. The quantitative estimate of drug-likeness (QED) is 0.847. The molecule has 1 heterocycles. The van der Waals surface area contributed by atoms with Gasteiger partial charge in [0, 0.05) is 17.9 Å². The van der Waals surface area contributed by atoms with Crippen LogP contribution in [0.15, 0.2) is 36.4 Å². The molecule has 0 amide bonds. The fraction of sp³-hybridized carbons (Fsp3) is 0.294. The Balaban J connectivity index is 1.58. The van der Waals surface area contributed by atoms with Crippen molar-refractivity contribution < 1.29 is 9.47 Å². The number of fused-ring (bicyclic) bond motifs is 1. The average Bonchev–Trinajstić information content (AvgIpc) is 2.51. The first-order chi connectivity index (χ1) is 10.2. The van der Waals surface area contributed by atoms with Gasteiger partial charge in [-0.15, -0.1) is 0 Å². The number of nitrogens with two attached hydrogens (primary N) is 1. The number of nitrogens with one attached hydrogen (secondary N) is 1. The van der Waals surface area contributed by atoms with E-state index in [9.17, 15) is 0 Å². The van der Waals surface area contributed by atoms with E-state index < -0.39 is 0 Å². The molecule has 2 aromatic rings. The van der Waals surface area contributed by atoms with Crippen LogP contribution in [0, 0.1) is 6.92 Å². The van der Waals surface area contributed by atoms with E-state index in [1.165, 1.54) is 5.56 Å². The van der Waals surface area contributed by atoms with Crippen LogP contribution >= 0.6 is 0 Å². The summed E-state index contributed by atoms with van der Waals surface area (Å²) < 4.78 is 11.1. The van der Waals surface area contributed by atoms with Gasteiger partial charge in [-0.3, -0.25) is 0 Å². The number of hydrogen-bond donors (Lipinski definition) is 2. The van der Waals surface area contributed by atoms with Crippen LogP contribution in [0.5, 0.6) is 11.5 Å². The number of ether oxygens (including phenoxy) is 2. The second-order valence-electron chi connectivity index (χ2n) is 5.23. The third kappa shape index (κ3) is 3.21. The van der Waals surface area contributed by atoms with Gasteiger partial charge >= 0.3 is 0 Å². The highest BCUT2D eigenvalue weighted by Gasteiger charge is 2.11. The number of rotatable bonds is 4. The van der Waals surface area contributed by atoms with E-state index >= 15 is 0 Å². The molecule has 1 aliphatic heterocycles. The lowest BCUT2D eigenvalue weighted by atomic mass is 10.1. The molecule has 4 heteroatoms. The number of anilines is 2. The summed E-state index contributed by atoms with van der Waals surface area (Å²) in [5.41, 5.74) is 10.1. The monoisotopic (exact) mass is 284 g/mol. The molecule has 21 heavy (non-hydrogen) atoms. The first-order valence-electron chi connectivity index (χ1n) is 7.21. The van der Waals surface area contributed by atoms with Gasteiger partial charge in [0.1, 0.15) is 13.2 Å². The molecule has 0 aromatic heterocycles. The molecule has 3 rings (SSSR count). The van der Waals surface area contributed by atoms with Gasteiger partial charge in [-0.1, -0.05) is 12.1 Å². The minimum atomic E-state index is 0.622. The highest BCUT2D eigenvalue weighted by Crippen LogP contribution is 2.30. The fourth-order valence-corrected chi connectivity index (χ4v) is 2.34. The Kier molecular flexibility index (Phi) is 3.86. The lowest BCUT2D eigenvalue weighted by Gasteiger charge is -2.19. The summed E-state index contributed by atoms with van der Waals surface area (Å²) in [6.07, 6.45) is 0.921. The third-order valence-electron chi connectivity index (χ3n) is 3.63. The van der Waals surface area contributed by atoms with Crippen LogP contribution in [0.2, 0.25) is 0 Å². The fourth-order valence-electron chi connectivity index (χ4n) is 2.34. The van der Waals surface area contributed by atoms with Crippen LogP contribution in [0.1, 0.15) is 11.1 Å². The topological polar surface area (TPSA) is 56.5 Å². The Labute approximate surface area is 124 Å². The normalized spacial score (nSPS) is 13.0. The molecular weight excluding hydrogens is 264 g/mol. The summed E-state index contributed by atoms with van der Waals surface area (Å²) in [4.78, 5) is 0. The second-order valence-corrected chi connectivity index (χ2v) is 5.23. The summed E-state index contributed by atoms with van der Waals surface area (Å²) in [7, 11) is 0. The third-order valence-corrected chi connectivity index (χ3v) is 3.63. The highest BCUT2D eigenvalue weighted by atomic mass is 16.6. The lowest BCUT2D eigenvalue weighted by molar-refractivity contribution is 0.171. The summed E-state index contributed by atoms with van der Waals surface area (Å²) in [6, 6.07) is 12.2. The molecule has 0 atom stereocenters. The van der Waals surface area contributed by atoms with E-state index in [1.54, 1.807) is 0 Å². The van der Waals surface area contributed by atoms with Gasteiger partial charge in [-0.2, -0.15) is 0 Å². The molecule has 0 saturated carbocycles. The predicted molar refractivity (Wildman–Crippen MR) is 85.2 cm³/mol. The van der Waals surface area contributed by atoms with Gasteiger partial charge in [-0.25, -0.2) is 0 Å². The maximum atomic E-state index is 5.91. The smallest absolute Gasteiger partial charge is 0.161 e. The Morgan fingerprint density at radius 1 is 1.05 bits per heavy atom. The maximum absolute atomic E-state index is 5.91. The zero-order valence-electron chi connectivity index (χ0n) is 12.2. The van der Waals surface area contributed by atoms with Crippen molar-refractivity contribution in [3.8, 4) is 11.5 Å². The molecule has 0 saturated heterocycles. The van der Waals surface area contributed by atoms with Gasteiger partial charge < -0.3 is 20.5 Å². The van der Waals surface area contributed by atoms with Crippen molar-refractivity contribution in [1.29, 1.82) is 0 Å². The first kappa shape index (κ1) is 13.6. The highest BCUT2D eigenvalue weighted by molar-refractivity contribution is 5.58. The Hall–Kier alpha value is -2.36. The maximum Gasteiger partial charge on any atom is 0.161 e. The van der Waals surface area contributed by atoms with E-state index in [2.05, 4.69) is 23.5 Å². The Morgan fingerprint density at radius 2 is 1.86 bits per heavy atom. The van der Waals surface area contributed by atoms with Crippen molar-refractivity contribution >= 4 is 11.4 Å². The molecule has 1 aliphatic rings. The summed E-state index contributed by atoms with van der Waals surface area (Å²) in [5.74, 6) is 1.68. The minimum absolute atomic E-state index is 0.622. The predicted octanol–water partition coefficient (Wildman–Crippen LogP) is 3.00. The molecule has 4 nitrogen and oxygen atoms in total. The van der Waals surface area contributed by atoms with Crippen molar-refractivity contribution in [1.82, 2.24) is 0 Å². The van der Waals surface area contributed by atoms with Crippen molar-refractivity contribution in [2.45, 2.75) is 13.3 Å². The number of aryl methyl sites for hydroxylation is 1. The van der Waals surface area contributed by atoms with Crippen LogP contribution in [0.3, 0.4) is 0 Å². The molecule has 3 N–H and O–H groups in total. The van der Waals surface area contributed by atoms with Crippen LogP contribution in [0.25, 0.3) is 0 Å². The van der Waals surface area contributed by atoms with Crippen molar-refractivity contribution in [3.63, 3.8) is 0 Å². The Bertz CT molecular complexity index is 641. The van der Waals surface area contributed by atoms with Crippen LogP contribution in [-0.4, -0.2) is 19.8 Å². The zero-order valence-corrected chi connectivity index (χ0v) is 12.2. The molecule has 2 aromatic carbocycles. The molecule has 0 radical (unpaired) electrons. The number of nitrogen functional groups attached to an aromatic ring is 1. The summed E-state index contributed by atoms with van der Waals surface area (Å²) in [5, 5.41) is 3.39. The second kappa shape index (κ2) is 5.95. The standard InChI is InChI=1S/C17H20N2O2/c1-12-2-4-14(11-15(12)18)19-7-6-13-3-5-16-17(10-13)21-9-8-20-16/h2-5,10-11,19H,6-9,18H2,1H3. The molecular formula is C17H20N2O2. The zero-order chi connectivity index (χ0) is 14.7. The first-order valence-corrected chi connectivity index (χ1v) is 7.21. The van der Waals surface area contributed by atoms with Gasteiger partial charge in [-0.05, 0) is 48.7 Å². The summed E-state index contributed by atoms with van der Waals surface area (Å²) >= 11 is 0. The largest absolute Gasteiger partial charge is 0.486 e. The molecule has 0 unspecified atom stereocenters. The van der Waals surface area contributed by atoms with E-state index in [4.69, 9.17) is 15.2 Å². The Morgan fingerprint density at radius 3 is 2.67 bits per heavy atom. The van der Waals surface area contributed by atoms with Crippen molar-refractivity contribution in [2.75, 3.05) is 30.8 Å². The van der Waals surface area contributed by atoms with Crippen molar-refractivity contribution in [3.05, 3.63) is 47.5 Å². The number of benzene rings is 2. The average molecular weight is 284 g/mol. The summed E-state index contributed by atoms with van der Waals surface area (Å²) in [6.45, 7) is 4.11. The minimum Gasteiger partial charge on any atom is -0.486 e. The van der Waals surface area contributed by atoms with E-state index in [1.807, 2.05) is 25.1 Å². The van der Waals surface area contributed by atoms with E-state index in [-0.39, 0.29) is 0 Å². The van der Waals surface area contributed by atoms with Crippen LogP contribution in [0.4, 0.5) is 11.4 Å².